The average Bonchev–Trinajstić information content (AvgIpc) is 2.30. The Morgan fingerprint density at radius 2 is 2.00 bits per heavy atom. The van der Waals surface area contributed by atoms with Crippen molar-refractivity contribution in [3.05, 3.63) is 17.8 Å². The fourth-order valence-corrected chi connectivity index (χ4v) is 2.32. The average molecular weight is 240 g/mol. The molecule has 0 aromatic carbocycles. The van der Waals surface area contributed by atoms with Gasteiger partial charge in [-0.25, -0.2) is 0 Å². The first-order chi connectivity index (χ1) is 7.74. The second-order valence-corrected chi connectivity index (χ2v) is 5.18. The Morgan fingerprint density at radius 1 is 1.25 bits per heavy atom. The highest BCUT2D eigenvalue weighted by molar-refractivity contribution is 6.20. The maximum absolute atomic E-state index is 6.07. The summed E-state index contributed by atoms with van der Waals surface area (Å²) in [5.41, 5.74) is 0.952. The van der Waals surface area contributed by atoms with Crippen LogP contribution in [0.4, 0.5) is 5.82 Å². The Hall–Kier alpha value is -0.830. The summed E-state index contributed by atoms with van der Waals surface area (Å²) < 4.78 is 0. The first-order valence-electron chi connectivity index (χ1n) is 5.92. The van der Waals surface area contributed by atoms with Crippen molar-refractivity contribution in [3.8, 4) is 0 Å². The fraction of sp³-hybridized carbons (Fsp3) is 0.667. The molecule has 4 heteroatoms. The summed E-state index contributed by atoms with van der Waals surface area (Å²) in [5.74, 6) is 1.61. The summed E-state index contributed by atoms with van der Waals surface area (Å²) in [4.78, 5) is 0. The van der Waals surface area contributed by atoms with Crippen molar-refractivity contribution in [2.75, 3.05) is 11.9 Å². The number of halogens is 1. The molecule has 0 bridgehead atoms. The Bertz CT molecular complexity index is 318. The molecule has 1 aromatic heterocycles. The largest absolute Gasteiger partial charge is 0.368 e. The Labute approximate surface area is 102 Å². The number of nitrogens with zero attached hydrogens (tertiary/aromatic N) is 2. The Balaban J connectivity index is 1.77. The Kier molecular flexibility index (Phi) is 3.99. The number of nitrogens with one attached hydrogen (secondary N) is 1. The zero-order valence-corrected chi connectivity index (χ0v) is 10.4. The Morgan fingerprint density at radius 3 is 2.62 bits per heavy atom. The van der Waals surface area contributed by atoms with E-state index in [2.05, 4.69) is 15.5 Å². The molecule has 1 aliphatic carbocycles. The number of aromatic nitrogens is 2. The van der Waals surface area contributed by atoms with Crippen molar-refractivity contribution in [1.82, 2.24) is 10.2 Å². The van der Waals surface area contributed by atoms with Crippen molar-refractivity contribution in [1.29, 1.82) is 0 Å². The lowest BCUT2D eigenvalue weighted by molar-refractivity contribution is 0.377. The molecule has 1 N–H and O–H groups in total. The number of rotatable bonds is 3. The highest BCUT2D eigenvalue weighted by Gasteiger charge is 2.19. The van der Waals surface area contributed by atoms with Gasteiger partial charge in [0.2, 0.25) is 0 Å². The number of aryl methyl sites for hydroxylation is 1. The van der Waals surface area contributed by atoms with Crippen LogP contribution < -0.4 is 5.32 Å². The van der Waals surface area contributed by atoms with E-state index in [1.54, 1.807) is 0 Å². The molecule has 16 heavy (non-hydrogen) atoms. The molecule has 1 saturated carbocycles. The fourth-order valence-electron chi connectivity index (χ4n) is 2.07. The smallest absolute Gasteiger partial charge is 0.148 e. The number of anilines is 1. The standard InChI is InChI=1S/C12H18ClN3/c1-9-2-7-12(16-15-9)14-8-10-3-5-11(13)6-4-10/h2,7,10-11H,3-6,8H2,1H3,(H,14,16). The number of hydrogen-bond donors (Lipinski definition) is 1. The molecule has 0 amide bonds. The molecule has 2 rings (SSSR count). The van der Waals surface area contributed by atoms with Crippen LogP contribution in [-0.2, 0) is 0 Å². The lowest BCUT2D eigenvalue weighted by Crippen LogP contribution is -2.21. The zero-order valence-electron chi connectivity index (χ0n) is 9.62. The molecule has 0 radical (unpaired) electrons. The third-order valence-electron chi connectivity index (χ3n) is 3.15. The molecule has 1 aliphatic rings. The molecule has 0 saturated heterocycles. The van der Waals surface area contributed by atoms with E-state index < -0.39 is 0 Å². The topological polar surface area (TPSA) is 37.8 Å². The SMILES string of the molecule is Cc1ccc(NCC2CCC(Cl)CC2)nn1. The van der Waals surface area contributed by atoms with E-state index >= 15 is 0 Å². The summed E-state index contributed by atoms with van der Waals surface area (Å²) in [6, 6.07) is 3.96. The minimum Gasteiger partial charge on any atom is -0.368 e. The third kappa shape index (κ3) is 3.34. The third-order valence-corrected chi connectivity index (χ3v) is 3.58. The molecule has 88 valence electrons. The zero-order chi connectivity index (χ0) is 11.4. The highest BCUT2D eigenvalue weighted by atomic mass is 35.5. The molecule has 0 aliphatic heterocycles. The number of hydrogen-bond acceptors (Lipinski definition) is 3. The van der Waals surface area contributed by atoms with Crippen LogP contribution in [0.25, 0.3) is 0 Å². The first-order valence-corrected chi connectivity index (χ1v) is 6.36. The van der Waals surface area contributed by atoms with Gasteiger partial charge < -0.3 is 5.32 Å². The van der Waals surface area contributed by atoms with E-state index in [0.717, 1.165) is 36.8 Å². The summed E-state index contributed by atoms with van der Waals surface area (Å²) in [6.45, 7) is 2.93. The van der Waals surface area contributed by atoms with Gasteiger partial charge in [-0.15, -0.1) is 16.7 Å². The molecule has 0 spiro atoms. The lowest BCUT2D eigenvalue weighted by Gasteiger charge is -2.25. The minimum atomic E-state index is 0.399. The van der Waals surface area contributed by atoms with Gasteiger partial charge in [0.25, 0.3) is 0 Å². The van der Waals surface area contributed by atoms with E-state index in [1.165, 1.54) is 12.8 Å². The molecule has 0 unspecified atom stereocenters. The molecule has 1 aromatic rings. The monoisotopic (exact) mass is 239 g/mol. The van der Waals surface area contributed by atoms with E-state index in [1.807, 2.05) is 19.1 Å². The molecule has 1 heterocycles. The van der Waals surface area contributed by atoms with Crippen molar-refractivity contribution in [3.63, 3.8) is 0 Å². The maximum Gasteiger partial charge on any atom is 0.148 e. The summed E-state index contributed by atoms with van der Waals surface area (Å²) in [6.07, 6.45) is 4.74. The predicted molar refractivity (Wildman–Crippen MR) is 66.9 cm³/mol. The van der Waals surface area contributed by atoms with Crippen molar-refractivity contribution in [2.45, 2.75) is 38.0 Å². The van der Waals surface area contributed by atoms with Crippen molar-refractivity contribution in [2.24, 2.45) is 5.92 Å². The van der Waals surface area contributed by atoms with Gasteiger partial charge in [0.15, 0.2) is 0 Å². The summed E-state index contributed by atoms with van der Waals surface area (Å²) >= 11 is 6.07. The summed E-state index contributed by atoms with van der Waals surface area (Å²) in [7, 11) is 0. The van der Waals surface area contributed by atoms with Crippen LogP contribution in [0.15, 0.2) is 12.1 Å². The second kappa shape index (κ2) is 5.48. The molecule has 1 fully saturated rings. The van der Waals surface area contributed by atoms with Gasteiger partial charge in [-0.1, -0.05) is 0 Å². The summed E-state index contributed by atoms with van der Waals surface area (Å²) in [5, 5.41) is 11.9. The first kappa shape index (κ1) is 11.6. The van der Waals surface area contributed by atoms with Crippen molar-refractivity contribution >= 4 is 17.4 Å². The quantitative estimate of drug-likeness (QED) is 0.824. The van der Waals surface area contributed by atoms with E-state index in [4.69, 9.17) is 11.6 Å². The molecule has 3 nitrogen and oxygen atoms in total. The normalized spacial score (nSPS) is 25.4. The number of alkyl halides is 1. The van der Waals surface area contributed by atoms with Gasteiger partial charge in [0.05, 0.1) is 5.69 Å². The van der Waals surface area contributed by atoms with Gasteiger partial charge in [-0.05, 0) is 50.7 Å². The highest BCUT2D eigenvalue weighted by Crippen LogP contribution is 2.27. The van der Waals surface area contributed by atoms with Crippen LogP contribution in [0.1, 0.15) is 31.4 Å². The molecular formula is C12H18ClN3. The van der Waals surface area contributed by atoms with Crippen molar-refractivity contribution < 1.29 is 0 Å². The van der Waals surface area contributed by atoms with Crippen LogP contribution in [0.5, 0.6) is 0 Å². The van der Waals surface area contributed by atoms with Gasteiger partial charge in [0.1, 0.15) is 5.82 Å². The van der Waals surface area contributed by atoms with E-state index in [9.17, 15) is 0 Å². The molecule has 0 atom stereocenters. The molecular weight excluding hydrogens is 222 g/mol. The van der Waals surface area contributed by atoms with Gasteiger partial charge >= 0.3 is 0 Å². The van der Waals surface area contributed by atoms with Crippen LogP contribution in [-0.4, -0.2) is 22.1 Å². The van der Waals surface area contributed by atoms with E-state index in [-0.39, 0.29) is 0 Å². The minimum absolute atomic E-state index is 0.399. The van der Waals surface area contributed by atoms with Crippen LogP contribution >= 0.6 is 11.6 Å². The van der Waals surface area contributed by atoms with E-state index in [0.29, 0.717) is 5.38 Å². The second-order valence-electron chi connectivity index (χ2n) is 4.56. The van der Waals surface area contributed by atoms with Gasteiger partial charge in [0, 0.05) is 11.9 Å². The maximum atomic E-state index is 6.07. The van der Waals surface area contributed by atoms with Gasteiger partial charge in [-0.3, -0.25) is 0 Å². The van der Waals surface area contributed by atoms with Crippen LogP contribution in [0, 0.1) is 12.8 Å². The van der Waals surface area contributed by atoms with Crippen LogP contribution in [0.3, 0.4) is 0 Å². The van der Waals surface area contributed by atoms with Gasteiger partial charge in [-0.2, -0.15) is 5.10 Å². The predicted octanol–water partition coefficient (Wildman–Crippen LogP) is 2.99. The lowest BCUT2D eigenvalue weighted by atomic mass is 9.89. The van der Waals surface area contributed by atoms with Crippen LogP contribution in [0.2, 0.25) is 0 Å².